The molecule has 1 rings (SSSR count). The number of unbranched alkanes of at least 4 members (excludes halogenated alkanes) is 1. The molecular formula is C17H23ClO. The molecule has 19 heavy (non-hydrogen) atoms. The molecule has 104 valence electrons. The predicted molar refractivity (Wildman–Crippen MR) is 83.5 cm³/mol. The molecular weight excluding hydrogens is 256 g/mol. The molecule has 2 heteroatoms. The van der Waals surface area contributed by atoms with E-state index in [0.29, 0.717) is 11.5 Å². The van der Waals surface area contributed by atoms with Crippen LogP contribution >= 0.6 is 11.6 Å². The number of benzene rings is 1. The third-order valence-corrected chi connectivity index (χ3v) is 3.41. The molecule has 1 aromatic carbocycles. The lowest BCUT2D eigenvalue weighted by molar-refractivity contribution is -0.115. The molecule has 0 aromatic heterocycles. The summed E-state index contributed by atoms with van der Waals surface area (Å²) >= 11 is 6.04. The third kappa shape index (κ3) is 5.20. The van der Waals surface area contributed by atoms with Crippen molar-refractivity contribution in [3.63, 3.8) is 0 Å². The zero-order valence-corrected chi connectivity index (χ0v) is 13.1. The van der Waals surface area contributed by atoms with E-state index < -0.39 is 0 Å². The smallest absolute Gasteiger partial charge is 0.174 e. The highest BCUT2D eigenvalue weighted by molar-refractivity contribution is 6.44. The van der Waals surface area contributed by atoms with E-state index in [1.165, 1.54) is 5.56 Å². The topological polar surface area (TPSA) is 17.1 Å². The van der Waals surface area contributed by atoms with Crippen molar-refractivity contribution < 1.29 is 4.79 Å². The molecule has 0 aliphatic heterocycles. The molecule has 0 radical (unpaired) electrons. The second-order valence-corrected chi connectivity index (χ2v) is 6.30. The molecule has 0 aliphatic carbocycles. The molecule has 0 saturated heterocycles. The van der Waals surface area contributed by atoms with E-state index in [0.717, 1.165) is 18.4 Å². The first-order valence-corrected chi connectivity index (χ1v) is 7.23. The second kappa shape index (κ2) is 6.91. The van der Waals surface area contributed by atoms with Gasteiger partial charge in [-0.2, -0.15) is 0 Å². The van der Waals surface area contributed by atoms with Gasteiger partial charge in [0.1, 0.15) is 0 Å². The molecule has 1 aromatic rings. The normalized spacial score (nSPS) is 12.6. The maximum Gasteiger partial charge on any atom is 0.174 e. The van der Waals surface area contributed by atoms with E-state index in [4.69, 9.17) is 11.6 Å². The SMILES string of the molecule is CCCCC(=O)/C(Cl)=C/c1ccc(C(C)(C)C)cc1. The van der Waals surface area contributed by atoms with E-state index >= 15 is 0 Å². The van der Waals surface area contributed by atoms with Gasteiger partial charge in [0.05, 0.1) is 5.03 Å². The number of carbonyl (C=O) groups excluding carboxylic acids is 1. The Morgan fingerprint density at radius 2 is 1.79 bits per heavy atom. The zero-order valence-electron chi connectivity index (χ0n) is 12.3. The van der Waals surface area contributed by atoms with Crippen molar-refractivity contribution in [1.82, 2.24) is 0 Å². The van der Waals surface area contributed by atoms with Crippen molar-refractivity contribution >= 4 is 23.5 Å². The minimum atomic E-state index is 0.0309. The first kappa shape index (κ1) is 16.0. The molecule has 0 saturated carbocycles. The average Bonchev–Trinajstić information content (AvgIpc) is 2.35. The van der Waals surface area contributed by atoms with Gasteiger partial charge in [0.15, 0.2) is 5.78 Å². The third-order valence-electron chi connectivity index (χ3n) is 3.09. The van der Waals surface area contributed by atoms with Crippen LogP contribution in [0, 0.1) is 0 Å². The summed E-state index contributed by atoms with van der Waals surface area (Å²) in [7, 11) is 0. The van der Waals surface area contributed by atoms with Crippen LogP contribution in [0.4, 0.5) is 0 Å². The van der Waals surface area contributed by atoms with E-state index in [9.17, 15) is 4.79 Å². The number of allylic oxidation sites excluding steroid dienone is 1. The maximum atomic E-state index is 11.7. The minimum Gasteiger partial charge on any atom is -0.293 e. The molecule has 0 heterocycles. The summed E-state index contributed by atoms with van der Waals surface area (Å²) in [5.74, 6) is 0.0309. The van der Waals surface area contributed by atoms with Crippen molar-refractivity contribution in [2.45, 2.75) is 52.4 Å². The number of Topliss-reactive ketones (excluding diaryl/α,β-unsaturated/α-hetero) is 1. The largest absolute Gasteiger partial charge is 0.293 e. The van der Waals surface area contributed by atoms with Crippen LogP contribution in [0.3, 0.4) is 0 Å². The predicted octanol–water partition coefficient (Wildman–Crippen LogP) is 5.32. The van der Waals surface area contributed by atoms with Crippen molar-refractivity contribution in [3.05, 3.63) is 40.4 Å². The van der Waals surface area contributed by atoms with Gasteiger partial charge in [0.2, 0.25) is 0 Å². The van der Waals surface area contributed by atoms with Gasteiger partial charge in [-0.15, -0.1) is 0 Å². The maximum absolute atomic E-state index is 11.7. The monoisotopic (exact) mass is 278 g/mol. The van der Waals surface area contributed by atoms with Gasteiger partial charge in [-0.05, 0) is 29.0 Å². The van der Waals surface area contributed by atoms with E-state index in [1.807, 2.05) is 12.1 Å². The first-order chi connectivity index (χ1) is 8.84. The van der Waals surface area contributed by atoms with E-state index in [-0.39, 0.29) is 11.2 Å². The standard InChI is InChI=1S/C17H23ClO/c1-5-6-7-16(19)15(18)12-13-8-10-14(11-9-13)17(2,3)4/h8-12H,5-7H2,1-4H3/b15-12-. The highest BCUT2D eigenvalue weighted by Crippen LogP contribution is 2.23. The molecule has 0 atom stereocenters. The van der Waals surface area contributed by atoms with Crippen LogP contribution in [0.5, 0.6) is 0 Å². The Bertz CT molecular complexity index is 449. The Morgan fingerprint density at radius 1 is 1.21 bits per heavy atom. The fourth-order valence-electron chi connectivity index (χ4n) is 1.76. The van der Waals surface area contributed by atoms with Gasteiger partial charge in [0, 0.05) is 6.42 Å². The summed E-state index contributed by atoms with van der Waals surface area (Å²) in [6.07, 6.45) is 4.19. The number of carbonyl (C=O) groups is 1. The summed E-state index contributed by atoms with van der Waals surface area (Å²) in [5, 5.41) is 0.331. The van der Waals surface area contributed by atoms with Crippen LogP contribution < -0.4 is 0 Å². The highest BCUT2D eigenvalue weighted by Gasteiger charge is 2.12. The molecule has 0 spiro atoms. The lowest BCUT2D eigenvalue weighted by Crippen LogP contribution is -2.10. The quantitative estimate of drug-likeness (QED) is 0.666. The molecule has 1 nitrogen and oxygen atoms in total. The van der Waals surface area contributed by atoms with Gasteiger partial charge in [0.25, 0.3) is 0 Å². The van der Waals surface area contributed by atoms with Crippen LogP contribution in [0.2, 0.25) is 0 Å². The number of hydrogen-bond acceptors (Lipinski definition) is 1. The summed E-state index contributed by atoms with van der Waals surface area (Å²) in [4.78, 5) is 11.7. The van der Waals surface area contributed by atoms with E-state index in [2.05, 4.69) is 39.8 Å². The number of hydrogen-bond donors (Lipinski definition) is 0. The van der Waals surface area contributed by atoms with Crippen LogP contribution in [-0.4, -0.2) is 5.78 Å². The van der Waals surface area contributed by atoms with Crippen LogP contribution in [0.15, 0.2) is 29.3 Å². The minimum absolute atomic E-state index is 0.0309. The van der Waals surface area contributed by atoms with Gasteiger partial charge < -0.3 is 0 Å². The Hall–Kier alpha value is -1.08. The van der Waals surface area contributed by atoms with Crippen molar-refractivity contribution in [1.29, 1.82) is 0 Å². The number of halogens is 1. The number of rotatable bonds is 5. The second-order valence-electron chi connectivity index (χ2n) is 5.89. The number of ketones is 1. The summed E-state index contributed by atoms with van der Waals surface area (Å²) < 4.78 is 0. The van der Waals surface area contributed by atoms with Crippen LogP contribution in [0.25, 0.3) is 6.08 Å². The van der Waals surface area contributed by atoms with Gasteiger partial charge in [-0.3, -0.25) is 4.79 Å². The summed E-state index contributed by atoms with van der Waals surface area (Å²) in [6.45, 7) is 8.60. The fourth-order valence-corrected chi connectivity index (χ4v) is 1.98. The van der Waals surface area contributed by atoms with Crippen LogP contribution in [-0.2, 0) is 10.2 Å². The van der Waals surface area contributed by atoms with Crippen molar-refractivity contribution in [3.8, 4) is 0 Å². The molecule has 0 bridgehead atoms. The van der Waals surface area contributed by atoms with Crippen molar-refractivity contribution in [2.75, 3.05) is 0 Å². The summed E-state index contributed by atoms with van der Waals surface area (Å²) in [6, 6.07) is 8.20. The Morgan fingerprint density at radius 3 is 2.26 bits per heavy atom. The van der Waals surface area contributed by atoms with Gasteiger partial charge in [-0.1, -0.05) is 70.0 Å². The van der Waals surface area contributed by atoms with Crippen molar-refractivity contribution in [2.24, 2.45) is 0 Å². The first-order valence-electron chi connectivity index (χ1n) is 6.85. The van der Waals surface area contributed by atoms with E-state index in [1.54, 1.807) is 6.08 Å². The molecule has 0 unspecified atom stereocenters. The highest BCUT2D eigenvalue weighted by atomic mass is 35.5. The zero-order chi connectivity index (χ0) is 14.5. The average molecular weight is 279 g/mol. The summed E-state index contributed by atoms with van der Waals surface area (Å²) in [5.41, 5.74) is 2.39. The Labute approximate surface area is 121 Å². The lowest BCUT2D eigenvalue weighted by Gasteiger charge is -2.18. The molecule has 0 N–H and O–H groups in total. The lowest BCUT2D eigenvalue weighted by atomic mass is 9.87. The fraction of sp³-hybridized carbons (Fsp3) is 0.471. The Balaban J connectivity index is 2.79. The molecule has 0 amide bonds. The van der Waals surface area contributed by atoms with Gasteiger partial charge in [-0.25, -0.2) is 0 Å². The van der Waals surface area contributed by atoms with Crippen LogP contribution in [0.1, 0.15) is 58.1 Å². The molecule has 0 fully saturated rings. The van der Waals surface area contributed by atoms with Gasteiger partial charge >= 0.3 is 0 Å². The molecule has 0 aliphatic rings. The Kier molecular flexibility index (Phi) is 5.81.